The van der Waals surface area contributed by atoms with E-state index in [-0.39, 0.29) is 11.9 Å². The van der Waals surface area contributed by atoms with Crippen molar-refractivity contribution in [1.82, 2.24) is 5.32 Å². The third-order valence-electron chi connectivity index (χ3n) is 3.84. The molecule has 1 N–H and O–H groups in total. The maximum atomic E-state index is 13.6. The molecule has 2 saturated heterocycles. The highest BCUT2D eigenvalue weighted by molar-refractivity contribution is 5.59. The first-order valence-electron chi connectivity index (χ1n) is 7.32. The highest BCUT2D eigenvalue weighted by Crippen LogP contribution is 2.31. The van der Waals surface area contributed by atoms with Crippen molar-refractivity contribution in [2.75, 3.05) is 44.3 Å². The fraction of sp³-hybridized carbons (Fsp3) is 0.600. The molecule has 1 aromatic carbocycles. The molecule has 0 unspecified atom stereocenters. The Morgan fingerprint density at radius 1 is 1.20 bits per heavy atom. The van der Waals surface area contributed by atoms with Crippen LogP contribution in [0.1, 0.15) is 12.8 Å². The van der Waals surface area contributed by atoms with E-state index in [1.807, 2.05) is 0 Å². The molecule has 0 bridgehead atoms. The van der Waals surface area contributed by atoms with Gasteiger partial charge in [0.15, 0.2) is 0 Å². The summed E-state index contributed by atoms with van der Waals surface area (Å²) in [5.74, 6) is 0.582. The molecule has 0 amide bonds. The molecule has 2 heterocycles. The van der Waals surface area contributed by atoms with Crippen molar-refractivity contribution in [1.29, 1.82) is 0 Å². The van der Waals surface area contributed by atoms with Crippen LogP contribution in [0, 0.1) is 5.82 Å². The van der Waals surface area contributed by atoms with Gasteiger partial charge in [-0.05, 0) is 12.1 Å². The molecule has 0 spiro atoms. The van der Waals surface area contributed by atoms with E-state index in [4.69, 9.17) is 9.47 Å². The third kappa shape index (κ3) is 3.22. The SMILES string of the molecule is Fc1ccc(OC2CCOCC2)c(N2CCNCC2)c1. The van der Waals surface area contributed by atoms with E-state index in [2.05, 4.69) is 10.2 Å². The molecule has 2 aliphatic rings. The van der Waals surface area contributed by atoms with Crippen molar-refractivity contribution in [3.05, 3.63) is 24.0 Å². The van der Waals surface area contributed by atoms with Crippen molar-refractivity contribution in [3.8, 4) is 5.75 Å². The first-order chi connectivity index (χ1) is 9.83. The average Bonchev–Trinajstić information content (AvgIpc) is 2.51. The van der Waals surface area contributed by atoms with Crippen LogP contribution in [0.25, 0.3) is 0 Å². The standard InChI is InChI=1S/C15H21FN2O2/c16-12-1-2-15(20-13-3-9-19-10-4-13)14(11-12)18-7-5-17-6-8-18/h1-2,11,13,17H,3-10H2. The summed E-state index contributed by atoms with van der Waals surface area (Å²) in [6, 6.07) is 4.81. The van der Waals surface area contributed by atoms with Crippen molar-refractivity contribution < 1.29 is 13.9 Å². The zero-order valence-electron chi connectivity index (χ0n) is 11.6. The Labute approximate surface area is 118 Å². The Morgan fingerprint density at radius 2 is 1.95 bits per heavy atom. The van der Waals surface area contributed by atoms with E-state index >= 15 is 0 Å². The lowest BCUT2D eigenvalue weighted by Crippen LogP contribution is -2.43. The second-order valence-electron chi connectivity index (χ2n) is 5.28. The number of piperazine rings is 1. The van der Waals surface area contributed by atoms with Crippen LogP contribution in [-0.4, -0.2) is 45.5 Å². The van der Waals surface area contributed by atoms with Crippen LogP contribution in [0.15, 0.2) is 18.2 Å². The second-order valence-corrected chi connectivity index (χ2v) is 5.28. The van der Waals surface area contributed by atoms with Gasteiger partial charge in [-0.15, -0.1) is 0 Å². The summed E-state index contributed by atoms with van der Waals surface area (Å²) in [6.07, 6.45) is 1.98. The van der Waals surface area contributed by atoms with Crippen LogP contribution in [0.4, 0.5) is 10.1 Å². The molecule has 20 heavy (non-hydrogen) atoms. The summed E-state index contributed by atoms with van der Waals surface area (Å²) in [6.45, 7) is 5.10. The predicted octanol–water partition coefficient (Wildman–Crippen LogP) is 1.79. The molecular weight excluding hydrogens is 259 g/mol. The minimum atomic E-state index is -0.210. The Hall–Kier alpha value is -1.33. The lowest BCUT2D eigenvalue weighted by Gasteiger charge is -2.32. The number of ether oxygens (including phenoxy) is 2. The van der Waals surface area contributed by atoms with Crippen LogP contribution in [0.2, 0.25) is 0 Å². The zero-order chi connectivity index (χ0) is 13.8. The van der Waals surface area contributed by atoms with E-state index in [0.717, 1.165) is 63.7 Å². The van der Waals surface area contributed by atoms with Crippen LogP contribution < -0.4 is 15.0 Å². The zero-order valence-corrected chi connectivity index (χ0v) is 11.6. The van der Waals surface area contributed by atoms with Crippen LogP contribution in [-0.2, 0) is 4.74 Å². The number of nitrogens with zero attached hydrogens (tertiary/aromatic N) is 1. The first-order valence-corrected chi connectivity index (χ1v) is 7.32. The Balaban J connectivity index is 1.77. The third-order valence-corrected chi connectivity index (χ3v) is 3.84. The summed E-state index contributed by atoms with van der Waals surface area (Å²) in [7, 11) is 0. The molecule has 3 rings (SSSR count). The van der Waals surface area contributed by atoms with Crippen molar-refractivity contribution in [2.45, 2.75) is 18.9 Å². The summed E-state index contributed by atoms with van der Waals surface area (Å²) in [5, 5.41) is 3.31. The molecule has 0 aliphatic carbocycles. The molecule has 0 saturated carbocycles. The highest BCUT2D eigenvalue weighted by Gasteiger charge is 2.20. The normalized spacial score (nSPS) is 20.9. The maximum absolute atomic E-state index is 13.6. The molecule has 2 fully saturated rings. The van der Waals surface area contributed by atoms with Crippen molar-refractivity contribution in [2.24, 2.45) is 0 Å². The van der Waals surface area contributed by atoms with Crippen LogP contribution >= 0.6 is 0 Å². The van der Waals surface area contributed by atoms with Crippen molar-refractivity contribution in [3.63, 3.8) is 0 Å². The van der Waals surface area contributed by atoms with Gasteiger partial charge < -0.3 is 19.7 Å². The second kappa shape index (κ2) is 6.41. The van der Waals surface area contributed by atoms with E-state index in [0.29, 0.717) is 0 Å². The maximum Gasteiger partial charge on any atom is 0.143 e. The quantitative estimate of drug-likeness (QED) is 0.915. The van der Waals surface area contributed by atoms with Gasteiger partial charge in [0.2, 0.25) is 0 Å². The molecule has 0 radical (unpaired) electrons. The van der Waals surface area contributed by atoms with E-state index in [1.165, 1.54) is 6.07 Å². The fourth-order valence-corrected chi connectivity index (χ4v) is 2.72. The predicted molar refractivity (Wildman–Crippen MR) is 76.0 cm³/mol. The Bertz CT molecular complexity index is 443. The number of hydrogen-bond donors (Lipinski definition) is 1. The number of rotatable bonds is 3. The highest BCUT2D eigenvalue weighted by atomic mass is 19.1. The van der Waals surface area contributed by atoms with E-state index in [9.17, 15) is 4.39 Å². The average molecular weight is 280 g/mol. The molecule has 0 aromatic heterocycles. The summed E-state index contributed by atoms with van der Waals surface area (Å²) in [4.78, 5) is 2.19. The van der Waals surface area contributed by atoms with Crippen LogP contribution in [0.5, 0.6) is 5.75 Å². The molecule has 110 valence electrons. The van der Waals surface area contributed by atoms with E-state index < -0.39 is 0 Å². The molecule has 4 nitrogen and oxygen atoms in total. The van der Waals surface area contributed by atoms with Gasteiger partial charge in [-0.1, -0.05) is 0 Å². The minimum Gasteiger partial charge on any atom is -0.488 e. The number of hydrogen-bond acceptors (Lipinski definition) is 4. The first kappa shape index (κ1) is 13.6. The van der Waals surface area contributed by atoms with Gasteiger partial charge in [0.25, 0.3) is 0 Å². The van der Waals surface area contributed by atoms with Gasteiger partial charge >= 0.3 is 0 Å². The van der Waals surface area contributed by atoms with Gasteiger partial charge in [0.05, 0.1) is 18.9 Å². The van der Waals surface area contributed by atoms with Gasteiger partial charge in [-0.3, -0.25) is 0 Å². The molecule has 0 atom stereocenters. The van der Waals surface area contributed by atoms with Gasteiger partial charge in [-0.25, -0.2) is 4.39 Å². The number of halogens is 1. The summed E-state index contributed by atoms with van der Waals surface area (Å²) in [5.41, 5.74) is 0.873. The number of benzene rings is 1. The summed E-state index contributed by atoms with van der Waals surface area (Å²) < 4.78 is 25.0. The summed E-state index contributed by atoms with van der Waals surface area (Å²) >= 11 is 0. The fourth-order valence-electron chi connectivity index (χ4n) is 2.72. The largest absolute Gasteiger partial charge is 0.488 e. The monoisotopic (exact) mass is 280 g/mol. The Kier molecular flexibility index (Phi) is 4.38. The van der Waals surface area contributed by atoms with Gasteiger partial charge in [0, 0.05) is 45.1 Å². The van der Waals surface area contributed by atoms with Crippen molar-refractivity contribution >= 4 is 5.69 Å². The molecular formula is C15H21FN2O2. The lowest BCUT2D eigenvalue weighted by atomic mass is 10.1. The number of nitrogens with one attached hydrogen (secondary N) is 1. The van der Waals surface area contributed by atoms with Gasteiger partial charge in [-0.2, -0.15) is 0 Å². The van der Waals surface area contributed by atoms with Crippen LogP contribution in [0.3, 0.4) is 0 Å². The lowest BCUT2D eigenvalue weighted by molar-refractivity contribution is 0.0257. The van der Waals surface area contributed by atoms with E-state index in [1.54, 1.807) is 12.1 Å². The molecule has 2 aliphatic heterocycles. The number of anilines is 1. The molecule has 5 heteroatoms. The minimum absolute atomic E-state index is 0.177. The Morgan fingerprint density at radius 3 is 2.70 bits per heavy atom. The topological polar surface area (TPSA) is 33.7 Å². The van der Waals surface area contributed by atoms with Gasteiger partial charge in [0.1, 0.15) is 17.7 Å². The molecule has 1 aromatic rings. The smallest absolute Gasteiger partial charge is 0.143 e.